The number of hydrogen-bond donors (Lipinski definition) is 2. The summed E-state index contributed by atoms with van der Waals surface area (Å²) in [5.74, 6) is -1.22. The third-order valence-electron chi connectivity index (χ3n) is 1.67. The van der Waals surface area contributed by atoms with Gasteiger partial charge in [0, 0.05) is 13.1 Å². The van der Waals surface area contributed by atoms with E-state index in [1.54, 1.807) is 0 Å². The van der Waals surface area contributed by atoms with E-state index in [4.69, 9.17) is 15.6 Å². The van der Waals surface area contributed by atoms with Crippen molar-refractivity contribution in [1.29, 1.82) is 0 Å². The molecule has 0 aromatic carbocycles. The lowest BCUT2D eigenvalue weighted by Crippen LogP contribution is -2.35. The summed E-state index contributed by atoms with van der Waals surface area (Å²) in [5.41, 5.74) is 9.89. The summed E-state index contributed by atoms with van der Waals surface area (Å²) in [6.07, 6.45) is 6.15. The van der Waals surface area contributed by atoms with E-state index in [1.165, 1.54) is 0 Å². The molecule has 0 atom stereocenters. The molecule has 0 amide bonds. The zero-order chi connectivity index (χ0) is 11.7. The molecule has 4 N–H and O–H groups in total. The van der Waals surface area contributed by atoms with E-state index in [9.17, 15) is 0 Å². The highest BCUT2D eigenvalue weighted by atomic mass is 16.4. The van der Waals surface area contributed by atoms with Crippen LogP contribution in [0.1, 0.15) is 6.92 Å². The summed E-state index contributed by atoms with van der Waals surface area (Å²) in [4.78, 5) is 9.13. The number of carboxylic acids is 1. The summed E-state index contributed by atoms with van der Waals surface area (Å²) in [5, 5.41) is 9.13. The van der Waals surface area contributed by atoms with Crippen molar-refractivity contribution < 1.29 is 14.5 Å². The van der Waals surface area contributed by atoms with Gasteiger partial charge < -0.3 is 21.4 Å². The van der Waals surface area contributed by atoms with Gasteiger partial charge in [-0.05, 0) is 6.92 Å². The van der Waals surface area contributed by atoms with Crippen LogP contribution in [0.5, 0.6) is 0 Å². The first kappa shape index (κ1) is 13.6. The Balaban J connectivity index is 0.000000336. The van der Waals surface area contributed by atoms with Crippen LogP contribution in [-0.4, -0.2) is 23.6 Å². The fourth-order valence-electron chi connectivity index (χ4n) is 0.907. The van der Waals surface area contributed by atoms with Gasteiger partial charge in [-0.15, -0.1) is 0 Å². The number of carbonyl (C=O) groups excluding carboxylic acids is 1. The average Bonchev–Trinajstić information content (AvgIpc) is 2.67. The molecule has 0 spiro atoms. The van der Waals surface area contributed by atoms with Crippen molar-refractivity contribution in [1.82, 2.24) is 4.57 Å². The molecule has 0 aliphatic heterocycles. The lowest BCUT2D eigenvalue weighted by Gasteiger charge is -1.88. The fraction of sp³-hybridized carbons (Fsp3) is 0.556. The molecule has 1 heterocycles. The zero-order valence-corrected chi connectivity index (χ0v) is 8.93. The van der Waals surface area contributed by atoms with Crippen molar-refractivity contribution in [3.05, 3.63) is 18.7 Å². The molecule has 0 saturated carbocycles. The zero-order valence-electron chi connectivity index (χ0n) is 8.93. The van der Waals surface area contributed by atoms with Gasteiger partial charge in [-0.3, -0.25) is 0 Å². The molecule has 0 bridgehead atoms. The molecule has 1 aromatic rings. The molecule has 0 saturated heterocycles. The molecule has 0 fully saturated rings. The quantitative estimate of drug-likeness (QED) is 0.539. The van der Waals surface area contributed by atoms with Gasteiger partial charge >= 0.3 is 0 Å². The molecule has 86 valence electrons. The average molecular weight is 214 g/mol. The van der Waals surface area contributed by atoms with Crippen LogP contribution >= 0.6 is 0 Å². The number of aliphatic carboxylic acids is 1. The fourth-order valence-corrected chi connectivity index (χ4v) is 0.907. The first-order valence-electron chi connectivity index (χ1n) is 4.78. The van der Waals surface area contributed by atoms with Gasteiger partial charge in [-0.2, -0.15) is 0 Å². The molecule has 1 rings (SSSR count). The minimum absolute atomic E-state index is 0.389. The van der Waals surface area contributed by atoms with E-state index >= 15 is 0 Å². The molecule has 0 unspecified atom stereocenters. The van der Waals surface area contributed by atoms with Crippen LogP contribution in [0.2, 0.25) is 0 Å². The number of hydrogen-bond acceptors (Lipinski definition) is 4. The number of aryl methyl sites for hydroxylation is 1. The minimum Gasteiger partial charge on any atom is -0.549 e. The van der Waals surface area contributed by atoms with Crippen molar-refractivity contribution in [2.75, 3.05) is 13.1 Å². The van der Waals surface area contributed by atoms with E-state index in [0.29, 0.717) is 6.54 Å². The van der Waals surface area contributed by atoms with Gasteiger partial charge in [-0.1, -0.05) is 0 Å². The van der Waals surface area contributed by atoms with Crippen molar-refractivity contribution in [2.45, 2.75) is 20.0 Å². The van der Waals surface area contributed by atoms with Crippen LogP contribution in [0, 0.1) is 0 Å². The minimum atomic E-state index is -1.22. The molecule has 1 aromatic heterocycles. The number of carbonyl (C=O) groups is 1. The predicted octanol–water partition coefficient (Wildman–Crippen LogP) is -2.55. The lowest BCUT2D eigenvalue weighted by molar-refractivity contribution is -0.694. The third-order valence-corrected chi connectivity index (χ3v) is 1.67. The molecule has 15 heavy (non-hydrogen) atoms. The molecular formula is C9H18N4O2. The number of nitrogens with two attached hydrogens (primary N) is 2. The van der Waals surface area contributed by atoms with Crippen LogP contribution in [0.4, 0.5) is 0 Å². The number of aromatic nitrogens is 2. The Kier molecular flexibility index (Phi) is 7.21. The Morgan fingerprint density at radius 3 is 2.47 bits per heavy atom. The summed E-state index contributed by atoms with van der Waals surface area (Å²) in [6, 6.07) is 0. The second-order valence-corrected chi connectivity index (χ2v) is 2.85. The monoisotopic (exact) mass is 214 g/mol. The van der Waals surface area contributed by atoms with Gasteiger partial charge in [0.25, 0.3) is 0 Å². The first-order chi connectivity index (χ1) is 7.13. The Labute approximate surface area is 89.1 Å². The maximum Gasteiger partial charge on any atom is 0.243 e. The van der Waals surface area contributed by atoms with Crippen LogP contribution in [0.25, 0.3) is 0 Å². The van der Waals surface area contributed by atoms with Gasteiger partial charge in [0.2, 0.25) is 6.33 Å². The number of imidazole rings is 1. The highest BCUT2D eigenvalue weighted by Gasteiger charge is 1.97. The van der Waals surface area contributed by atoms with Crippen molar-refractivity contribution >= 4 is 5.97 Å². The van der Waals surface area contributed by atoms with E-state index in [1.807, 2.05) is 6.20 Å². The maximum absolute atomic E-state index is 9.13. The predicted molar refractivity (Wildman–Crippen MR) is 53.4 cm³/mol. The van der Waals surface area contributed by atoms with Gasteiger partial charge in [-0.25, -0.2) is 9.13 Å². The van der Waals surface area contributed by atoms with Gasteiger partial charge in [0.15, 0.2) is 0 Å². The highest BCUT2D eigenvalue weighted by Crippen LogP contribution is 1.81. The third kappa shape index (κ3) is 6.64. The van der Waals surface area contributed by atoms with E-state index in [0.717, 1.165) is 13.1 Å². The molecule has 0 radical (unpaired) electrons. The second kappa shape index (κ2) is 7.95. The van der Waals surface area contributed by atoms with E-state index in [-0.39, 0.29) is 6.54 Å². The maximum atomic E-state index is 9.13. The van der Waals surface area contributed by atoms with Crippen molar-refractivity contribution in [3.8, 4) is 0 Å². The van der Waals surface area contributed by atoms with Gasteiger partial charge in [0.05, 0.1) is 12.5 Å². The standard InChI is InChI=1S/C7H14N3.C2H5NO2/c1-2-9-5-6-10(7-9)4-3-8;3-1-2(4)5/h5-7H,2-4,8H2,1H3;1,3H2,(H,4,5)/q+1;/p-1. The largest absolute Gasteiger partial charge is 0.549 e. The first-order valence-corrected chi connectivity index (χ1v) is 4.78. The number of carboxylic acid groups (broad SMARTS) is 1. The summed E-state index contributed by atoms with van der Waals surface area (Å²) in [6.45, 7) is 4.37. The van der Waals surface area contributed by atoms with Crippen molar-refractivity contribution in [2.24, 2.45) is 11.5 Å². The summed E-state index contributed by atoms with van der Waals surface area (Å²) < 4.78 is 4.21. The Morgan fingerprint density at radius 2 is 2.13 bits per heavy atom. The summed E-state index contributed by atoms with van der Waals surface area (Å²) >= 11 is 0. The normalized spacial score (nSPS) is 9.27. The highest BCUT2D eigenvalue weighted by molar-refractivity contribution is 5.66. The second-order valence-electron chi connectivity index (χ2n) is 2.85. The molecular weight excluding hydrogens is 196 g/mol. The SMILES string of the molecule is CCn1cc[n+](CCN)c1.NCC(=O)[O-]. The van der Waals surface area contributed by atoms with Crippen LogP contribution in [0.3, 0.4) is 0 Å². The van der Waals surface area contributed by atoms with Crippen LogP contribution in [-0.2, 0) is 17.9 Å². The topological polar surface area (TPSA) is 101 Å². The van der Waals surface area contributed by atoms with Gasteiger partial charge in [0.1, 0.15) is 18.9 Å². The molecule has 0 aliphatic rings. The lowest BCUT2D eigenvalue weighted by atomic mass is 10.6. The molecule has 0 aliphatic carbocycles. The van der Waals surface area contributed by atoms with E-state index in [2.05, 4.69) is 34.3 Å². The summed E-state index contributed by atoms with van der Waals surface area (Å²) in [7, 11) is 0. The van der Waals surface area contributed by atoms with Crippen LogP contribution in [0.15, 0.2) is 18.7 Å². The molecule has 6 heteroatoms. The van der Waals surface area contributed by atoms with Crippen molar-refractivity contribution in [3.63, 3.8) is 0 Å². The number of nitrogens with zero attached hydrogens (tertiary/aromatic N) is 2. The smallest absolute Gasteiger partial charge is 0.243 e. The Morgan fingerprint density at radius 1 is 1.53 bits per heavy atom. The number of rotatable bonds is 4. The van der Waals surface area contributed by atoms with E-state index < -0.39 is 5.97 Å². The molecule has 6 nitrogen and oxygen atoms in total. The van der Waals surface area contributed by atoms with Crippen LogP contribution < -0.4 is 21.1 Å². The Bertz CT molecular complexity index is 285. The Hall–Kier alpha value is -1.40.